The molecule has 0 aliphatic heterocycles. The van der Waals surface area contributed by atoms with Gasteiger partial charge in [0.25, 0.3) is 5.91 Å². The zero-order valence-corrected chi connectivity index (χ0v) is 14.8. The number of ether oxygens (including phenoxy) is 1. The number of aryl methyl sites for hydroxylation is 1. The Balaban J connectivity index is 1.99. The molecule has 1 atom stereocenters. The highest BCUT2D eigenvalue weighted by Crippen LogP contribution is 2.19. The topological polar surface area (TPSA) is 88.3 Å². The summed E-state index contributed by atoms with van der Waals surface area (Å²) in [6.45, 7) is 6.71. The molecule has 25 heavy (non-hydrogen) atoms. The zero-order chi connectivity index (χ0) is 18.6. The lowest BCUT2D eigenvalue weighted by Crippen LogP contribution is -2.35. The van der Waals surface area contributed by atoms with Gasteiger partial charge in [0.15, 0.2) is 11.9 Å². The number of carbonyl (C=O) groups is 3. The summed E-state index contributed by atoms with van der Waals surface area (Å²) in [5, 5.41) is 2.72. The van der Waals surface area contributed by atoms with E-state index in [0.29, 0.717) is 23.4 Å². The fraction of sp³-hybridized carbons (Fsp3) is 0.316. The molecule has 132 valence electrons. The molecule has 1 heterocycles. The van der Waals surface area contributed by atoms with Gasteiger partial charge in [-0.1, -0.05) is 30.3 Å². The van der Waals surface area contributed by atoms with Crippen LogP contribution in [0.5, 0.6) is 0 Å². The number of H-pyrrole nitrogens is 1. The molecule has 0 spiro atoms. The van der Waals surface area contributed by atoms with E-state index in [-0.39, 0.29) is 17.4 Å². The number of carbonyl (C=O) groups excluding carboxylic acids is 3. The Morgan fingerprint density at radius 3 is 2.36 bits per heavy atom. The number of esters is 1. The molecule has 6 nitrogen and oxygen atoms in total. The van der Waals surface area contributed by atoms with Crippen molar-refractivity contribution in [3.05, 3.63) is 58.4 Å². The van der Waals surface area contributed by atoms with Crippen molar-refractivity contribution in [3.8, 4) is 0 Å². The predicted octanol–water partition coefficient (Wildman–Crippen LogP) is 2.70. The van der Waals surface area contributed by atoms with E-state index >= 15 is 0 Å². The molecule has 1 aromatic carbocycles. The predicted molar refractivity (Wildman–Crippen MR) is 93.4 cm³/mol. The van der Waals surface area contributed by atoms with Crippen molar-refractivity contribution in [2.24, 2.45) is 0 Å². The summed E-state index contributed by atoms with van der Waals surface area (Å²) in [4.78, 5) is 38.9. The van der Waals surface area contributed by atoms with Crippen molar-refractivity contribution in [1.29, 1.82) is 0 Å². The van der Waals surface area contributed by atoms with Crippen molar-refractivity contribution in [3.63, 3.8) is 0 Å². The van der Waals surface area contributed by atoms with Crippen LogP contribution in [-0.4, -0.2) is 28.7 Å². The van der Waals surface area contributed by atoms with Gasteiger partial charge in [-0.2, -0.15) is 0 Å². The molecule has 0 saturated heterocycles. The SMILES string of the molecule is CC(=O)c1c(C)[nH]c(C(=O)O[C@H](C)C(=O)NCc2ccccc2)c1C. The summed E-state index contributed by atoms with van der Waals surface area (Å²) in [5.41, 5.74) is 2.78. The monoisotopic (exact) mass is 342 g/mol. The van der Waals surface area contributed by atoms with Gasteiger partial charge < -0.3 is 15.0 Å². The van der Waals surface area contributed by atoms with Crippen molar-refractivity contribution in [1.82, 2.24) is 10.3 Å². The first-order valence-corrected chi connectivity index (χ1v) is 8.04. The molecular formula is C19H22N2O4. The number of aromatic nitrogens is 1. The maximum Gasteiger partial charge on any atom is 0.355 e. The van der Waals surface area contributed by atoms with Crippen LogP contribution in [-0.2, 0) is 16.1 Å². The van der Waals surface area contributed by atoms with Gasteiger partial charge in [-0.3, -0.25) is 9.59 Å². The first-order valence-electron chi connectivity index (χ1n) is 8.04. The van der Waals surface area contributed by atoms with Gasteiger partial charge in [-0.05, 0) is 38.8 Å². The van der Waals surface area contributed by atoms with E-state index in [0.717, 1.165) is 5.56 Å². The highest BCUT2D eigenvalue weighted by molar-refractivity contribution is 6.01. The summed E-state index contributed by atoms with van der Waals surface area (Å²) in [5.74, 6) is -1.17. The van der Waals surface area contributed by atoms with E-state index in [1.807, 2.05) is 30.3 Å². The lowest BCUT2D eigenvalue weighted by molar-refractivity contribution is -0.129. The first kappa shape index (κ1) is 18.4. The zero-order valence-electron chi connectivity index (χ0n) is 14.8. The molecule has 2 rings (SSSR count). The molecule has 6 heteroatoms. The maximum absolute atomic E-state index is 12.3. The average molecular weight is 342 g/mol. The van der Waals surface area contributed by atoms with E-state index < -0.39 is 12.1 Å². The van der Waals surface area contributed by atoms with Gasteiger partial charge >= 0.3 is 5.97 Å². The van der Waals surface area contributed by atoms with Gasteiger partial charge in [0.1, 0.15) is 5.69 Å². The number of hydrogen-bond acceptors (Lipinski definition) is 4. The van der Waals surface area contributed by atoms with Gasteiger partial charge in [-0.15, -0.1) is 0 Å². The van der Waals surface area contributed by atoms with Crippen molar-refractivity contribution >= 4 is 17.7 Å². The third kappa shape index (κ3) is 4.35. The van der Waals surface area contributed by atoms with E-state index in [1.54, 1.807) is 13.8 Å². The van der Waals surface area contributed by atoms with Crippen LogP contribution in [0, 0.1) is 13.8 Å². The molecule has 0 saturated carbocycles. The molecule has 0 aliphatic rings. The highest BCUT2D eigenvalue weighted by atomic mass is 16.5. The minimum Gasteiger partial charge on any atom is -0.448 e. The third-order valence-electron chi connectivity index (χ3n) is 3.96. The van der Waals surface area contributed by atoms with E-state index in [9.17, 15) is 14.4 Å². The number of rotatable bonds is 6. The third-order valence-corrected chi connectivity index (χ3v) is 3.96. The maximum atomic E-state index is 12.3. The second-order valence-electron chi connectivity index (χ2n) is 5.93. The van der Waals surface area contributed by atoms with E-state index in [1.165, 1.54) is 13.8 Å². The molecule has 0 fully saturated rings. The van der Waals surface area contributed by atoms with Gasteiger partial charge in [-0.25, -0.2) is 4.79 Å². The van der Waals surface area contributed by atoms with Crippen LogP contribution in [0.3, 0.4) is 0 Å². The molecule has 0 aliphatic carbocycles. The Bertz CT molecular complexity index is 793. The Morgan fingerprint density at radius 1 is 1.16 bits per heavy atom. The molecule has 1 amide bonds. The average Bonchev–Trinajstić information content (AvgIpc) is 2.88. The number of Topliss-reactive ketones (excluding diaryl/α,β-unsaturated/α-hetero) is 1. The van der Waals surface area contributed by atoms with Crippen LogP contribution in [0.2, 0.25) is 0 Å². The Morgan fingerprint density at radius 2 is 1.80 bits per heavy atom. The van der Waals surface area contributed by atoms with Crippen LogP contribution in [0.15, 0.2) is 30.3 Å². The number of aromatic amines is 1. The summed E-state index contributed by atoms with van der Waals surface area (Å²) in [7, 11) is 0. The summed E-state index contributed by atoms with van der Waals surface area (Å²) < 4.78 is 5.22. The first-order chi connectivity index (χ1) is 11.8. The number of ketones is 1. The van der Waals surface area contributed by atoms with Crippen LogP contribution in [0.4, 0.5) is 0 Å². The molecule has 2 aromatic rings. The Labute approximate surface area is 146 Å². The van der Waals surface area contributed by atoms with Crippen molar-refractivity contribution in [2.75, 3.05) is 0 Å². The molecule has 1 aromatic heterocycles. The standard InChI is InChI=1S/C19H22N2O4/c1-11-16(13(3)22)12(2)21-17(11)19(24)25-14(4)18(23)20-10-15-8-6-5-7-9-15/h5-9,14,21H,10H2,1-4H3,(H,20,23)/t14-/m1/s1. The Kier molecular flexibility index (Phi) is 5.75. The van der Waals surface area contributed by atoms with Crippen LogP contribution in [0.1, 0.15) is 51.5 Å². The second kappa shape index (κ2) is 7.79. The van der Waals surface area contributed by atoms with E-state index in [4.69, 9.17) is 4.74 Å². The molecule has 0 radical (unpaired) electrons. The molecule has 0 bridgehead atoms. The summed E-state index contributed by atoms with van der Waals surface area (Å²) in [6, 6.07) is 9.45. The molecule has 2 N–H and O–H groups in total. The van der Waals surface area contributed by atoms with Crippen molar-refractivity contribution < 1.29 is 19.1 Å². The smallest absolute Gasteiger partial charge is 0.355 e. The summed E-state index contributed by atoms with van der Waals surface area (Å²) >= 11 is 0. The van der Waals surface area contributed by atoms with Gasteiger partial charge in [0.2, 0.25) is 0 Å². The summed E-state index contributed by atoms with van der Waals surface area (Å²) in [6.07, 6.45) is -0.944. The minimum atomic E-state index is -0.944. The number of amides is 1. The fourth-order valence-corrected chi connectivity index (χ4v) is 2.68. The van der Waals surface area contributed by atoms with Crippen LogP contribution < -0.4 is 5.32 Å². The molecular weight excluding hydrogens is 320 g/mol. The van der Waals surface area contributed by atoms with Gasteiger partial charge in [0.05, 0.1) is 0 Å². The Hall–Kier alpha value is -2.89. The van der Waals surface area contributed by atoms with Crippen LogP contribution >= 0.6 is 0 Å². The van der Waals surface area contributed by atoms with Gasteiger partial charge in [0, 0.05) is 17.8 Å². The minimum absolute atomic E-state index is 0.126. The molecule has 0 unspecified atom stereocenters. The number of nitrogens with one attached hydrogen (secondary N) is 2. The lowest BCUT2D eigenvalue weighted by Gasteiger charge is -2.13. The fourth-order valence-electron chi connectivity index (χ4n) is 2.68. The quantitative estimate of drug-likeness (QED) is 0.624. The number of benzene rings is 1. The second-order valence-corrected chi connectivity index (χ2v) is 5.93. The normalized spacial score (nSPS) is 11.7. The highest BCUT2D eigenvalue weighted by Gasteiger charge is 2.24. The van der Waals surface area contributed by atoms with Crippen molar-refractivity contribution in [2.45, 2.75) is 40.3 Å². The number of hydrogen-bond donors (Lipinski definition) is 2. The van der Waals surface area contributed by atoms with Crippen LogP contribution in [0.25, 0.3) is 0 Å². The van der Waals surface area contributed by atoms with E-state index in [2.05, 4.69) is 10.3 Å². The largest absolute Gasteiger partial charge is 0.448 e. The lowest BCUT2D eigenvalue weighted by atomic mass is 10.1.